The summed E-state index contributed by atoms with van der Waals surface area (Å²) in [6.07, 6.45) is 3.22. The number of carbonyl (C=O) groups excluding carboxylic acids is 1. The predicted molar refractivity (Wildman–Crippen MR) is 46.6 cm³/mol. The molecule has 1 aliphatic heterocycles. The third-order valence-electron chi connectivity index (χ3n) is 2.01. The second-order valence-electron chi connectivity index (χ2n) is 2.93. The molecule has 2 heterocycles. The number of aromatic amines is 1. The number of H-pyrrole nitrogens is 1. The summed E-state index contributed by atoms with van der Waals surface area (Å²) in [7, 11) is 0. The quantitative estimate of drug-likeness (QED) is 0.582. The van der Waals surface area contributed by atoms with Crippen molar-refractivity contribution in [1.29, 1.82) is 0 Å². The minimum atomic E-state index is -0.264. The van der Waals surface area contributed by atoms with Gasteiger partial charge < -0.3 is 10.3 Å². The van der Waals surface area contributed by atoms with E-state index in [1.807, 2.05) is 0 Å². The molecule has 1 radical (unpaired) electrons. The van der Waals surface area contributed by atoms with E-state index >= 15 is 0 Å². The Kier molecular flexibility index (Phi) is 2.37. The van der Waals surface area contributed by atoms with E-state index in [1.54, 1.807) is 12.4 Å². The highest BCUT2D eigenvalue weighted by molar-refractivity contribution is 5.97. The molecule has 2 rings (SSSR count). The summed E-state index contributed by atoms with van der Waals surface area (Å²) in [6, 6.07) is -0.264. The van der Waals surface area contributed by atoms with Gasteiger partial charge in [-0.15, -0.1) is 0 Å². The molecule has 5 nitrogen and oxygen atoms in total. The van der Waals surface area contributed by atoms with Crippen LogP contribution in [0.3, 0.4) is 0 Å². The molecule has 0 spiro atoms. The summed E-state index contributed by atoms with van der Waals surface area (Å²) < 4.78 is 0. The molecule has 69 valence electrons. The van der Waals surface area contributed by atoms with Crippen molar-refractivity contribution in [2.75, 3.05) is 19.6 Å². The van der Waals surface area contributed by atoms with Crippen LogP contribution in [0, 0.1) is 0 Å². The van der Waals surface area contributed by atoms with Crippen LogP contribution in [0.1, 0.15) is 10.6 Å². The first-order valence-electron chi connectivity index (χ1n) is 4.29. The van der Waals surface area contributed by atoms with Crippen molar-refractivity contribution in [1.82, 2.24) is 20.6 Å². The van der Waals surface area contributed by atoms with Gasteiger partial charge in [0.05, 0.1) is 0 Å². The molecule has 0 amide bonds. The fourth-order valence-electron chi connectivity index (χ4n) is 1.34. The number of rotatable bonds is 2. The highest BCUT2D eigenvalue weighted by atomic mass is 16.1. The first kappa shape index (κ1) is 8.40. The first-order valence-corrected chi connectivity index (χ1v) is 4.29. The molecule has 1 aromatic heterocycles. The average Bonchev–Trinajstić information content (AvgIpc) is 2.71. The minimum absolute atomic E-state index is 0.0304. The summed E-state index contributed by atoms with van der Waals surface area (Å²) in [6.45, 7) is 2.19. The predicted octanol–water partition coefficient (Wildman–Crippen LogP) is -0.831. The Morgan fingerprint density at radius 3 is 3.15 bits per heavy atom. The van der Waals surface area contributed by atoms with Gasteiger partial charge in [0.25, 0.3) is 0 Å². The lowest BCUT2D eigenvalue weighted by Gasteiger charge is -2.20. The Bertz CT molecular complexity index is 276. The van der Waals surface area contributed by atoms with Crippen molar-refractivity contribution in [2.45, 2.75) is 6.04 Å². The van der Waals surface area contributed by atoms with Gasteiger partial charge in [0, 0.05) is 32.0 Å². The van der Waals surface area contributed by atoms with Crippen molar-refractivity contribution in [3.63, 3.8) is 0 Å². The van der Waals surface area contributed by atoms with E-state index in [0.717, 1.165) is 6.54 Å². The van der Waals surface area contributed by atoms with Crippen LogP contribution >= 0.6 is 0 Å². The number of piperazine rings is 1. The number of imidazole rings is 1. The number of ketones is 1. The maximum absolute atomic E-state index is 11.6. The zero-order valence-corrected chi connectivity index (χ0v) is 7.16. The first-order chi connectivity index (χ1) is 6.38. The lowest BCUT2D eigenvalue weighted by Crippen LogP contribution is -2.48. The molecule has 13 heavy (non-hydrogen) atoms. The smallest absolute Gasteiger partial charge is 0.217 e. The Hall–Kier alpha value is -1.20. The van der Waals surface area contributed by atoms with E-state index in [-0.39, 0.29) is 11.8 Å². The third-order valence-corrected chi connectivity index (χ3v) is 2.01. The van der Waals surface area contributed by atoms with E-state index in [1.165, 1.54) is 0 Å². The largest absolute Gasteiger partial charge is 0.342 e. The number of nitrogens with zero attached hydrogens (tertiary/aromatic N) is 2. The van der Waals surface area contributed by atoms with E-state index in [4.69, 9.17) is 0 Å². The van der Waals surface area contributed by atoms with Gasteiger partial charge in [-0.25, -0.2) is 10.3 Å². The Balaban J connectivity index is 2.04. The van der Waals surface area contributed by atoms with Crippen molar-refractivity contribution in [2.24, 2.45) is 0 Å². The number of nitrogens with one attached hydrogen (secondary N) is 2. The minimum Gasteiger partial charge on any atom is -0.342 e. The Morgan fingerprint density at radius 1 is 1.62 bits per heavy atom. The summed E-state index contributed by atoms with van der Waals surface area (Å²) in [4.78, 5) is 18.3. The van der Waals surface area contributed by atoms with E-state index < -0.39 is 0 Å². The number of hydrogen-bond donors (Lipinski definition) is 2. The molecule has 0 aliphatic carbocycles. The standard InChI is InChI=1S/C8H11N4O/c13-7(8-11-3-4-12-8)6-5-9-1-2-10-6/h3-4,6,9H,1-2,5H2,(H,11,12). The van der Waals surface area contributed by atoms with Crippen molar-refractivity contribution >= 4 is 5.78 Å². The molecule has 2 N–H and O–H groups in total. The molecule has 1 unspecified atom stereocenters. The third kappa shape index (κ3) is 1.76. The van der Waals surface area contributed by atoms with Gasteiger partial charge in [-0.2, -0.15) is 0 Å². The second kappa shape index (κ2) is 3.68. The fraction of sp³-hybridized carbons (Fsp3) is 0.500. The molecule has 1 aromatic rings. The Labute approximate surface area is 75.9 Å². The highest BCUT2D eigenvalue weighted by Crippen LogP contribution is 1.99. The summed E-state index contributed by atoms with van der Waals surface area (Å²) in [5, 5.41) is 7.33. The summed E-state index contributed by atoms with van der Waals surface area (Å²) in [5.74, 6) is 0.370. The van der Waals surface area contributed by atoms with Crippen LogP contribution in [-0.4, -0.2) is 41.4 Å². The lowest BCUT2D eigenvalue weighted by molar-refractivity contribution is 0.0922. The van der Waals surface area contributed by atoms with Gasteiger partial charge in [0.1, 0.15) is 6.04 Å². The van der Waals surface area contributed by atoms with Gasteiger partial charge in [0.15, 0.2) is 5.82 Å². The van der Waals surface area contributed by atoms with Crippen LogP contribution in [0.5, 0.6) is 0 Å². The molecule has 1 atom stereocenters. The average molecular weight is 179 g/mol. The zero-order chi connectivity index (χ0) is 9.10. The van der Waals surface area contributed by atoms with Crippen LogP contribution in [-0.2, 0) is 0 Å². The van der Waals surface area contributed by atoms with Gasteiger partial charge >= 0.3 is 0 Å². The van der Waals surface area contributed by atoms with Gasteiger partial charge in [-0.1, -0.05) is 0 Å². The Morgan fingerprint density at radius 2 is 2.54 bits per heavy atom. The molecule has 1 saturated heterocycles. The topological polar surface area (TPSA) is 71.9 Å². The maximum atomic E-state index is 11.6. The van der Waals surface area contributed by atoms with E-state index in [0.29, 0.717) is 18.9 Å². The number of carbonyl (C=O) groups is 1. The molecule has 0 saturated carbocycles. The second-order valence-corrected chi connectivity index (χ2v) is 2.93. The number of aromatic nitrogens is 2. The van der Waals surface area contributed by atoms with Crippen molar-refractivity contribution < 1.29 is 4.79 Å². The lowest BCUT2D eigenvalue weighted by atomic mass is 10.1. The van der Waals surface area contributed by atoms with Crippen LogP contribution in [0.25, 0.3) is 0 Å². The molecular weight excluding hydrogens is 168 g/mol. The monoisotopic (exact) mass is 179 g/mol. The molecule has 0 bridgehead atoms. The van der Waals surface area contributed by atoms with E-state index in [9.17, 15) is 4.79 Å². The van der Waals surface area contributed by atoms with E-state index in [2.05, 4.69) is 20.6 Å². The number of hydrogen-bond acceptors (Lipinski definition) is 3. The van der Waals surface area contributed by atoms with Crippen LogP contribution in [0.15, 0.2) is 12.4 Å². The zero-order valence-electron chi connectivity index (χ0n) is 7.16. The highest BCUT2D eigenvalue weighted by Gasteiger charge is 2.24. The number of Topliss-reactive ketones (excluding diaryl/α,β-unsaturated/α-hetero) is 1. The molecule has 0 aromatic carbocycles. The fourth-order valence-corrected chi connectivity index (χ4v) is 1.34. The molecule has 1 fully saturated rings. The van der Waals surface area contributed by atoms with Crippen LogP contribution < -0.4 is 10.6 Å². The van der Waals surface area contributed by atoms with Gasteiger partial charge in [-0.3, -0.25) is 4.79 Å². The summed E-state index contributed by atoms with van der Waals surface area (Å²) in [5.41, 5.74) is 0. The van der Waals surface area contributed by atoms with Crippen molar-refractivity contribution in [3.05, 3.63) is 18.2 Å². The van der Waals surface area contributed by atoms with Gasteiger partial charge in [-0.05, 0) is 0 Å². The maximum Gasteiger partial charge on any atom is 0.217 e. The van der Waals surface area contributed by atoms with Crippen LogP contribution in [0.4, 0.5) is 0 Å². The molecule has 5 heteroatoms. The van der Waals surface area contributed by atoms with Gasteiger partial charge in [0.2, 0.25) is 5.78 Å². The molecular formula is C8H11N4O. The summed E-state index contributed by atoms with van der Waals surface area (Å²) >= 11 is 0. The van der Waals surface area contributed by atoms with Crippen molar-refractivity contribution in [3.8, 4) is 0 Å². The SMILES string of the molecule is O=C(c1ncc[nH]1)C1CNCC[N]1. The molecule has 1 aliphatic rings. The normalized spacial score (nSPS) is 22.9. The van der Waals surface area contributed by atoms with Crippen LogP contribution in [0.2, 0.25) is 0 Å².